The van der Waals surface area contributed by atoms with Gasteiger partial charge in [-0.15, -0.1) is 0 Å². The number of amides is 2. The van der Waals surface area contributed by atoms with Crippen molar-refractivity contribution in [2.45, 2.75) is 52.0 Å². The van der Waals surface area contributed by atoms with E-state index in [1.165, 1.54) is 12.8 Å². The lowest BCUT2D eigenvalue weighted by atomic mass is 9.78. The van der Waals surface area contributed by atoms with E-state index in [0.29, 0.717) is 25.0 Å². The van der Waals surface area contributed by atoms with Gasteiger partial charge in [0.1, 0.15) is 0 Å². The quantitative estimate of drug-likeness (QED) is 0.696. The van der Waals surface area contributed by atoms with E-state index in [1.807, 2.05) is 0 Å². The van der Waals surface area contributed by atoms with Crippen LogP contribution in [0.1, 0.15) is 46.0 Å². The number of methoxy groups -OCH3 is 1. The third-order valence-electron chi connectivity index (χ3n) is 4.26. The predicted molar refractivity (Wildman–Crippen MR) is 78.2 cm³/mol. The van der Waals surface area contributed by atoms with Gasteiger partial charge < -0.3 is 15.4 Å². The van der Waals surface area contributed by atoms with Crippen molar-refractivity contribution < 1.29 is 14.3 Å². The molecule has 1 aliphatic carbocycles. The lowest BCUT2D eigenvalue weighted by Gasteiger charge is -2.34. The molecule has 20 heavy (non-hydrogen) atoms. The van der Waals surface area contributed by atoms with Gasteiger partial charge in [0.05, 0.1) is 6.61 Å². The molecule has 0 aromatic heterocycles. The fraction of sp³-hybridized carbons (Fsp3) is 0.867. The van der Waals surface area contributed by atoms with Gasteiger partial charge in [-0.2, -0.15) is 0 Å². The number of rotatable bonds is 7. The van der Waals surface area contributed by atoms with Crippen LogP contribution in [0.5, 0.6) is 0 Å². The Morgan fingerprint density at radius 2 is 1.85 bits per heavy atom. The van der Waals surface area contributed by atoms with Gasteiger partial charge in [-0.1, -0.05) is 26.7 Å². The molecule has 0 bridgehead atoms. The lowest BCUT2D eigenvalue weighted by Crippen LogP contribution is -2.44. The van der Waals surface area contributed by atoms with Crippen molar-refractivity contribution in [3.05, 3.63) is 0 Å². The molecule has 5 heteroatoms. The average Bonchev–Trinajstić information content (AvgIpc) is 2.42. The van der Waals surface area contributed by atoms with Gasteiger partial charge >= 0.3 is 0 Å². The van der Waals surface area contributed by atoms with E-state index in [0.717, 1.165) is 6.42 Å². The summed E-state index contributed by atoms with van der Waals surface area (Å²) >= 11 is 0. The van der Waals surface area contributed by atoms with Crippen molar-refractivity contribution in [1.29, 1.82) is 0 Å². The van der Waals surface area contributed by atoms with Gasteiger partial charge in [0.25, 0.3) is 0 Å². The Morgan fingerprint density at radius 1 is 1.15 bits per heavy atom. The van der Waals surface area contributed by atoms with Crippen LogP contribution < -0.4 is 10.6 Å². The zero-order valence-electron chi connectivity index (χ0n) is 12.9. The molecular weight excluding hydrogens is 256 g/mol. The maximum atomic E-state index is 11.9. The topological polar surface area (TPSA) is 67.4 Å². The van der Waals surface area contributed by atoms with E-state index < -0.39 is 0 Å². The zero-order valence-corrected chi connectivity index (χ0v) is 12.9. The standard InChI is InChI=1S/C15H28N2O3/c1-11-5-4-6-13(12(11)2)17-15(19)8-7-14(18)16-9-10-20-3/h11-13H,4-10H2,1-3H3,(H,16,18)(H,17,19)/t11-,12-,13+/m1/s1. The van der Waals surface area contributed by atoms with Crippen LogP contribution in [0, 0.1) is 11.8 Å². The van der Waals surface area contributed by atoms with E-state index in [2.05, 4.69) is 24.5 Å². The van der Waals surface area contributed by atoms with Gasteiger partial charge in [0.15, 0.2) is 0 Å². The highest BCUT2D eigenvalue weighted by molar-refractivity contribution is 5.83. The summed E-state index contributed by atoms with van der Waals surface area (Å²) in [7, 11) is 1.59. The van der Waals surface area contributed by atoms with E-state index >= 15 is 0 Å². The minimum atomic E-state index is -0.0951. The number of hydrogen-bond donors (Lipinski definition) is 2. The van der Waals surface area contributed by atoms with Gasteiger partial charge in [0, 0.05) is 32.5 Å². The largest absolute Gasteiger partial charge is 0.383 e. The number of hydrogen-bond acceptors (Lipinski definition) is 3. The molecule has 5 nitrogen and oxygen atoms in total. The van der Waals surface area contributed by atoms with E-state index in [9.17, 15) is 9.59 Å². The third-order valence-corrected chi connectivity index (χ3v) is 4.26. The van der Waals surface area contributed by atoms with Crippen molar-refractivity contribution in [2.75, 3.05) is 20.3 Å². The Labute approximate surface area is 121 Å². The van der Waals surface area contributed by atoms with E-state index in [4.69, 9.17) is 4.74 Å². The highest BCUT2D eigenvalue weighted by Crippen LogP contribution is 2.29. The second kappa shape index (κ2) is 8.95. The SMILES string of the molecule is COCCNC(=O)CCC(=O)N[C@H]1CCC[C@@H](C)[C@H]1C. The van der Waals surface area contributed by atoms with Crippen LogP contribution in [0.2, 0.25) is 0 Å². The molecule has 0 aromatic carbocycles. The summed E-state index contributed by atoms with van der Waals surface area (Å²) in [4.78, 5) is 23.4. The van der Waals surface area contributed by atoms with E-state index in [1.54, 1.807) is 7.11 Å². The maximum absolute atomic E-state index is 11.9. The summed E-state index contributed by atoms with van der Waals surface area (Å²) in [6, 6.07) is 0.266. The van der Waals surface area contributed by atoms with Crippen molar-refractivity contribution in [3.63, 3.8) is 0 Å². The van der Waals surface area contributed by atoms with Crippen LogP contribution in [0.4, 0.5) is 0 Å². The molecule has 2 amide bonds. The molecule has 0 heterocycles. The van der Waals surface area contributed by atoms with Crippen LogP contribution in [-0.2, 0) is 14.3 Å². The highest BCUT2D eigenvalue weighted by atomic mass is 16.5. The van der Waals surface area contributed by atoms with Gasteiger partial charge in [-0.05, 0) is 18.3 Å². The maximum Gasteiger partial charge on any atom is 0.220 e. The first-order chi connectivity index (χ1) is 9.54. The summed E-state index contributed by atoms with van der Waals surface area (Å²) < 4.78 is 4.85. The Hall–Kier alpha value is -1.10. The monoisotopic (exact) mass is 284 g/mol. The summed E-state index contributed by atoms with van der Waals surface area (Å²) in [5, 5.41) is 5.79. The number of nitrogens with one attached hydrogen (secondary N) is 2. The third kappa shape index (κ3) is 5.90. The minimum Gasteiger partial charge on any atom is -0.383 e. The first-order valence-electron chi connectivity index (χ1n) is 7.59. The molecular formula is C15H28N2O3. The average molecular weight is 284 g/mol. The van der Waals surface area contributed by atoms with Crippen LogP contribution in [0.15, 0.2) is 0 Å². The Balaban J connectivity index is 2.21. The molecule has 1 aliphatic rings. The van der Waals surface area contributed by atoms with Crippen molar-refractivity contribution in [2.24, 2.45) is 11.8 Å². The summed E-state index contributed by atoms with van der Waals surface area (Å²) in [5.41, 5.74) is 0. The molecule has 1 rings (SSSR count). The van der Waals surface area contributed by atoms with Gasteiger partial charge in [-0.25, -0.2) is 0 Å². The van der Waals surface area contributed by atoms with Crippen LogP contribution in [0.25, 0.3) is 0 Å². The Kier molecular flexibility index (Phi) is 7.59. The molecule has 1 saturated carbocycles. The molecule has 0 spiro atoms. The second-order valence-corrected chi connectivity index (χ2v) is 5.78. The molecule has 1 fully saturated rings. The lowest BCUT2D eigenvalue weighted by molar-refractivity contribution is -0.127. The first kappa shape index (κ1) is 17.0. The van der Waals surface area contributed by atoms with Crippen molar-refractivity contribution in [3.8, 4) is 0 Å². The molecule has 0 aliphatic heterocycles. The summed E-state index contributed by atoms with van der Waals surface area (Å²) in [6.45, 7) is 5.43. The van der Waals surface area contributed by atoms with Crippen LogP contribution in [0.3, 0.4) is 0 Å². The van der Waals surface area contributed by atoms with Crippen molar-refractivity contribution in [1.82, 2.24) is 10.6 Å². The molecule has 0 saturated heterocycles. The number of carbonyl (C=O) groups is 2. The molecule has 116 valence electrons. The first-order valence-corrected chi connectivity index (χ1v) is 7.59. The Bertz CT molecular complexity index is 320. The highest BCUT2D eigenvalue weighted by Gasteiger charge is 2.27. The number of ether oxygens (including phenoxy) is 1. The fourth-order valence-electron chi connectivity index (χ4n) is 2.67. The smallest absolute Gasteiger partial charge is 0.220 e. The van der Waals surface area contributed by atoms with Crippen LogP contribution in [-0.4, -0.2) is 38.1 Å². The second-order valence-electron chi connectivity index (χ2n) is 5.78. The minimum absolute atomic E-state index is 0.0159. The molecule has 0 aromatic rings. The normalized spacial score (nSPS) is 26.1. The summed E-state index contributed by atoms with van der Waals surface area (Å²) in [6.07, 6.45) is 3.98. The van der Waals surface area contributed by atoms with Crippen LogP contribution >= 0.6 is 0 Å². The molecule has 2 N–H and O–H groups in total. The van der Waals surface area contributed by atoms with Crippen molar-refractivity contribution >= 4 is 11.8 Å². The molecule has 0 unspecified atom stereocenters. The molecule has 0 radical (unpaired) electrons. The zero-order chi connectivity index (χ0) is 15.0. The number of carbonyl (C=O) groups excluding carboxylic acids is 2. The molecule has 3 atom stereocenters. The van der Waals surface area contributed by atoms with E-state index in [-0.39, 0.29) is 30.7 Å². The summed E-state index contributed by atoms with van der Waals surface area (Å²) in [5.74, 6) is 1.06. The van der Waals surface area contributed by atoms with Gasteiger partial charge in [0.2, 0.25) is 11.8 Å². The Morgan fingerprint density at radius 3 is 2.55 bits per heavy atom. The van der Waals surface area contributed by atoms with Gasteiger partial charge in [-0.3, -0.25) is 9.59 Å². The fourth-order valence-corrected chi connectivity index (χ4v) is 2.67. The predicted octanol–water partition coefficient (Wildman–Crippen LogP) is 1.47.